The number of nitrogens with zero attached hydrogens (tertiary/aromatic N) is 1. The Kier molecular flexibility index (Phi) is 3.74. The van der Waals surface area contributed by atoms with E-state index in [0.717, 1.165) is 26.1 Å². The second kappa shape index (κ2) is 5.29. The molecule has 0 radical (unpaired) electrons. The van der Waals surface area contributed by atoms with Gasteiger partial charge in [0.15, 0.2) is 0 Å². The molecule has 1 heterocycles. The fraction of sp³-hybridized carbons (Fsp3) is 0.667. The summed E-state index contributed by atoms with van der Waals surface area (Å²) in [5, 5.41) is 0. The summed E-state index contributed by atoms with van der Waals surface area (Å²) in [6.07, 6.45) is 3.68. The van der Waals surface area contributed by atoms with Crippen LogP contribution in [-0.4, -0.2) is 31.3 Å². The molecule has 0 aromatic heterocycles. The van der Waals surface area contributed by atoms with Gasteiger partial charge in [-0.1, -0.05) is 32.0 Å². The summed E-state index contributed by atoms with van der Waals surface area (Å²) >= 11 is 0. The molecule has 1 aliphatic carbocycles. The largest absolute Gasteiger partial charge is 0.378 e. The van der Waals surface area contributed by atoms with Crippen molar-refractivity contribution in [3.63, 3.8) is 0 Å². The molecular formula is C18H28N2O. The van der Waals surface area contributed by atoms with E-state index >= 15 is 0 Å². The molecule has 2 aliphatic rings. The van der Waals surface area contributed by atoms with Crippen molar-refractivity contribution < 1.29 is 4.74 Å². The second-order valence-corrected chi connectivity index (χ2v) is 7.18. The molecule has 2 N–H and O–H groups in total. The van der Waals surface area contributed by atoms with Gasteiger partial charge < -0.3 is 15.4 Å². The molecule has 1 saturated carbocycles. The maximum atomic E-state index is 6.77. The van der Waals surface area contributed by atoms with Crippen molar-refractivity contribution in [1.29, 1.82) is 0 Å². The molecule has 0 bridgehead atoms. The Morgan fingerprint density at radius 1 is 1.33 bits per heavy atom. The number of anilines is 1. The van der Waals surface area contributed by atoms with Crippen LogP contribution in [0, 0.1) is 5.41 Å². The highest BCUT2D eigenvalue weighted by Crippen LogP contribution is 2.50. The van der Waals surface area contributed by atoms with Crippen LogP contribution < -0.4 is 10.6 Å². The molecule has 0 spiro atoms. The van der Waals surface area contributed by atoms with E-state index in [4.69, 9.17) is 10.5 Å². The lowest BCUT2D eigenvalue weighted by Gasteiger charge is -2.60. The zero-order chi connectivity index (χ0) is 15.1. The van der Waals surface area contributed by atoms with E-state index in [1.165, 1.54) is 24.1 Å². The SMILES string of the molecule is CCOC1CC(N)(CN2CCCc3ccccc32)C1(C)C. The van der Waals surface area contributed by atoms with Crippen molar-refractivity contribution in [3.8, 4) is 0 Å². The summed E-state index contributed by atoms with van der Waals surface area (Å²) in [6, 6.07) is 8.76. The summed E-state index contributed by atoms with van der Waals surface area (Å²) in [7, 11) is 0. The number of para-hydroxylation sites is 1. The standard InChI is InChI=1S/C18H28N2O/c1-4-21-16-12-18(19,17(16,2)3)13-20-11-7-9-14-8-5-6-10-15(14)20/h5-6,8,10,16H,4,7,9,11-13,19H2,1-3H3. The van der Waals surface area contributed by atoms with E-state index in [1.54, 1.807) is 0 Å². The third-order valence-corrected chi connectivity index (χ3v) is 5.69. The van der Waals surface area contributed by atoms with E-state index < -0.39 is 0 Å². The zero-order valence-electron chi connectivity index (χ0n) is 13.6. The van der Waals surface area contributed by atoms with E-state index in [0.29, 0.717) is 6.10 Å². The minimum atomic E-state index is -0.155. The first-order valence-electron chi connectivity index (χ1n) is 8.21. The molecule has 21 heavy (non-hydrogen) atoms. The molecular weight excluding hydrogens is 260 g/mol. The lowest BCUT2D eigenvalue weighted by Crippen LogP contribution is -2.73. The van der Waals surface area contributed by atoms with Crippen molar-refractivity contribution in [2.75, 3.05) is 24.6 Å². The van der Waals surface area contributed by atoms with Crippen molar-refractivity contribution in [2.24, 2.45) is 11.1 Å². The average molecular weight is 288 g/mol. The molecule has 1 aliphatic heterocycles. The Morgan fingerprint density at radius 2 is 2.10 bits per heavy atom. The highest BCUT2D eigenvalue weighted by molar-refractivity contribution is 5.56. The molecule has 3 rings (SSSR count). The van der Waals surface area contributed by atoms with E-state index in [2.05, 4.69) is 49.9 Å². The van der Waals surface area contributed by atoms with Crippen LogP contribution in [0.15, 0.2) is 24.3 Å². The normalized spacial score (nSPS) is 30.7. The third kappa shape index (κ3) is 2.36. The maximum Gasteiger partial charge on any atom is 0.0662 e. The molecule has 3 nitrogen and oxygen atoms in total. The van der Waals surface area contributed by atoms with Gasteiger partial charge in [0.1, 0.15) is 0 Å². The average Bonchev–Trinajstić information content (AvgIpc) is 2.47. The first-order chi connectivity index (χ1) is 9.98. The van der Waals surface area contributed by atoms with Crippen LogP contribution in [0.1, 0.15) is 39.2 Å². The summed E-state index contributed by atoms with van der Waals surface area (Å²) in [4.78, 5) is 2.49. The van der Waals surface area contributed by atoms with Gasteiger partial charge in [0, 0.05) is 36.3 Å². The molecule has 1 aromatic rings. The van der Waals surface area contributed by atoms with Gasteiger partial charge in [-0.05, 0) is 37.8 Å². The molecule has 116 valence electrons. The summed E-state index contributed by atoms with van der Waals surface area (Å²) in [6.45, 7) is 9.40. The monoisotopic (exact) mass is 288 g/mol. The number of ether oxygens (including phenoxy) is 1. The second-order valence-electron chi connectivity index (χ2n) is 7.18. The van der Waals surface area contributed by atoms with Gasteiger partial charge in [-0.2, -0.15) is 0 Å². The minimum Gasteiger partial charge on any atom is -0.378 e. The highest BCUT2D eigenvalue weighted by Gasteiger charge is 2.59. The van der Waals surface area contributed by atoms with Crippen molar-refractivity contribution >= 4 is 5.69 Å². The van der Waals surface area contributed by atoms with E-state index in [1.807, 2.05) is 0 Å². The molecule has 0 amide bonds. The first-order valence-corrected chi connectivity index (χ1v) is 8.21. The van der Waals surface area contributed by atoms with Crippen LogP contribution in [0.4, 0.5) is 5.69 Å². The molecule has 3 heteroatoms. The number of hydrogen-bond acceptors (Lipinski definition) is 3. The lowest BCUT2D eigenvalue weighted by molar-refractivity contribution is -0.146. The summed E-state index contributed by atoms with van der Waals surface area (Å²) in [5.74, 6) is 0. The maximum absolute atomic E-state index is 6.77. The van der Waals surface area contributed by atoms with Crippen LogP contribution >= 0.6 is 0 Å². The van der Waals surface area contributed by atoms with E-state index in [9.17, 15) is 0 Å². The summed E-state index contributed by atoms with van der Waals surface area (Å²) < 4.78 is 5.85. The van der Waals surface area contributed by atoms with Crippen LogP contribution in [0.5, 0.6) is 0 Å². The van der Waals surface area contributed by atoms with E-state index in [-0.39, 0.29) is 11.0 Å². The first kappa shape index (κ1) is 14.9. The third-order valence-electron chi connectivity index (χ3n) is 5.69. The number of benzene rings is 1. The smallest absolute Gasteiger partial charge is 0.0662 e. The molecule has 1 aromatic carbocycles. The molecule has 0 saturated heterocycles. The van der Waals surface area contributed by atoms with Gasteiger partial charge in [0.25, 0.3) is 0 Å². The highest BCUT2D eigenvalue weighted by atomic mass is 16.5. The van der Waals surface area contributed by atoms with Crippen molar-refractivity contribution in [3.05, 3.63) is 29.8 Å². The number of hydrogen-bond donors (Lipinski definition) is 1. The zero-order valence-corrected chi connectivity index (χ0v) is 13.6. The Balaban J connectivity index is 1.76. The van der Waals surface area contributed by atoms with Crippen molar-refractivity contribution in [1.82, 2.24) is 0 Å². The van der Waals surface area contributed by atoms with Gasteiger partial charge in [0.05, 0.1) is 6.10 Å². The minimum absolute atomic E-state index is 0.0371. The van der Waals surface area contributed by atoms with Gasteiger partial charge in [-0.15, -0.1) is 0 Å². The Hall–Kier alpha value is -1.06. The van der Waals surface area contributed by atoms with Crippen LogP contribution in [0.2, 0.25) is 0 Å². The number of aryl methyl sites for hydroxylation is 1. The Labute approximate surface area is 128 Å². The predicted molar refractivity (Wildman–Crippen MR) is 87.7 cm³/mol. The van der Waals surface area contributed by atoms with Gasteiger partial charge in [0.2, 0.25) is 0 Å². The van der Waals surface area contributed by atoms with Crippen LogP contribution in [0.25, 0.3) is 0 Å². The fourth-order valence-electron chi connectivity index (χ4n) is 3.89. The number of rotatable bonds is 4. The van der Waals surface area contributed by atoms with Crippen LogP contribution in [0.3, 0.4) is 0 Å². The summed E-state index contributed by atoms with van der Waals surface area (Å²) in [5.41, 5.74) is 9.49. The van der Waals surface area contributed by atoms with Crippen molar-refractivity contribution in [2.45, 2.75) is 51.7 Å². The molecule has 2 unspecified atom stereocenters. The molecule has 1 fully saturated rings. The van der Waals surface area contributed by atoms with Gasteiger partial charge in [-0.3, -0.25) is 0 Å². The topological polar surface area (TPSA) is 38.5 Å². The lowest BCUT2D eigenvalue weighted by atomic mass is 9.54. The van der Waals surface area contributed by atoms with Gasteiger partial charge >= 0.3 is 0 Å². The predicted octanol–water partition coefficient (Wildman–Crippen LogP) is 2.97. The Morgan fingerprint density at radius 3 is 2.81 bits per heavy atom. The Bertz CT molecular complexity index is 514. The fourth-order valence-corrected chi connectivity index (χ4v) is 3.89. The van der Waals surface area contributed by atoms with Crippen LogP contribution in [-0.2, 0) is 11.2 Å². The number of fused-ring (bicyclic) bond motifs is 1. The number of nitrogens with two attached hydrogens (primary N) is 1. The quantitative estimate of drug-likeness (QED) is 0.925. The van der Waals surface area contributed by atoms with Gasteiger partial charge in [-0.25, -0.2) is 0 Å². The molecule has 2 atom stereocenters.